The topological polar surface area (TPSA) is 32.8 Å². The molecule has 1 saturated heterocycles. The van der Waals surface area contributed by atoms with E-state index in [2.05, 4.69) is 56.9 Å². The smallest absolute Gasteiger partial charge is 0.410 e. The number of amides is 1. The molecule has 1 fully saturated rings. The Bertz CT molecular complexity index is 540. The minimum Gasteiger partial charge on any atom is -0.444 e. The van der Waals surface area contributed by atoms with Crippen LogP contribution in [-0.2, 0) is 4.74 Å². The molecule has 1 amide bonds. The summed E-state index contributed by atoms with van der Waals surface area (Å²) < 4.78 is 5.49. The van der Waals surface area contributed by atoms with Crippen LogP contribution in [0.25, 0.3) is 0 Å². The second-order valence-corrected chi connectivity index (χ2v) is 8.43. The van der Waals surface area contributed by atoms with Crippen molar-refractivity contribution in [2.45, 2.75) is 79.4 Å². The van der Waals surface area contributed by atoms with Crippen LogP contribution in [0.1, 0.15) is 78.0 Å². The number of rotatable bonds is 4. The van der Waals surface area contributed by atoms with Gasteiger partial charge in [-0.25, -0.2) is 4.79 Å². The van der Waals surface area contributed by atoms with E-state index in [1.165, 1.54) is 17.5 Å². The lowest BCUT2D eigenvalue weighted by molar-refractivity contribution is 0.00968. The summed E-state index contributed by atoms with van der Waals surface area (Å²) in [6.07, 6.45) is 3.37. The quantitative estimate of drug-likeness (QED) is 0.665. The van der Waals surface area contributed by atoms with Crippen LogP contribution in [0.15, 0.2) is 24.3 Å². The first-order chi connectivity index (χ1) is 12.7. The predicted molar refractivity (Wildman–Crippen MR) is 114 cm³/mol. The minimum absolute atomic E-state index is 0.190. The maximum absolute atomic E-state index is 12.2. The van der Waals surface area contributed by atoms with Gasteiger partial charge in [-0.1, -0.05) is 63.4 Å². The van der Waals surface area contributed by atoms with Crippen molar-refractivity contribution in [3.63, 3.8) is 0 Å². The Labute approximate surface area is 166 Å². The first-order valence-corrected chi connectivity index (χ1v) is 10.5. The van der Waals surface area contributed by atoms with E-state index in [0.717, 1.165) is 39.0 Å². The van der Waals surface area contributed by atoms with Crippen LogP contribution < -0.4 is 0 Å². The summed E-state index contributed by atoms with van der Waals surface area (Å²) in [6, 6.07) is 9.31. The molecule has 27 heavy (non-hydrogen) atoms. The summed E-state index contributed by atoms with van der Waals surface area (Å²) in [5, 5.41) is 0. The van der Waals surface area contributed by atoms with Gasteiger partial charge in [-0.3, -0.25) is 4.90 Å². The average Bonchev–Trinajstić information content (AvgIpc) is 2.60. The Hall–Kier alpha value is -1.55. The molecule has 4 heteroatoms. The number of nitrogens with zero attached hydrogens (tertiary/aromatic N) is 2. The summed E-state index contributed by atoms with van der Waals surface area (Å²) in [5.74, 6) is 0. The highest BCUT2D eigenvalue weighted by Gasteiger charge is 2.29. The van der Waals surface area contributed by atoms with Crippen molar-refractivity contribution in [2.75, 3.05) is 26.2 Å². The van der Waals surface area contributed by atoms with Crippen molar-refractivity contribution in [1.82, 2.24) is 9.80 Å². The number of hydrogen-bond acceptors (Lipinski definition) is 3. The maximum Gasteiger partial charge on any atom is 0.410 e. The lowest BCUT2D eigenvalue weighted by Gasteiger charge is -2.39. The second-order valence-electron chi connectivity index (χ2n) is 8.43. The van der Waals surface area contributed by atoms with E-state index in [-0.39, 0.29) is 6.09 Å². The number of hydrogen-bond donors (Lipinski definition) is 0. The molecule has 1 aromatic rings. The molecule has 1 aliphatic heterocycles. The Morgan fingerprint density at radius 1 is 1.04 bits per heavy atom. The van der Waals surface area contributed by atoms with Gasteiger partial charge < -0.3 is 9.64 Å². The lowest BCUT2D eigenvalue weighted by Crippen LogP contribution is -2.50. The second kappa shape index (κ2) is 11.3. The van der Waals surface area contributed by atoms with Crippen LogP contribution in [0.3, 0.4) is 0 Å². The van der Waals surface area contributed by atoms with Crippen molar-refractivity contribution < 1.29 is 9.53 Å². The molecule has 0 bridgehead atoms. The highest BCUT2D eigenvalue weighted by Crippen LogP contribution is 2.27. The Morgan fingerprint density at radius 3 is 2.00 bits per heavy atom. The largest absolute Gasteiger partial charge is 0.444 e. The standard InChI is InChI=1S/C20H32N2O2.C3H8/c1-6-7-18(17-10-8-16(2)9-11-17)21-12-14-22(15-13-21)19(23)24-20(3,4)5;1-3-2/h8-11,18H,6-7,12-15H2,1-5H3;3H2,1-2H3. The normalized spacial score (nSPS) is 16.3. The zero-order chi connectivity index (χ0) is 20.4. The third-order valence-corrected chi connectivity index (χ3v) is 4.43. The Kier molecular flexibility index (Phi) is 9.86. The van der Waals surface area contributed by atoms with Gasteiger partial charge in [-0.15, -0.1) is 0 Å². The first-order valence-electron chi connectivity index (χ1n) is 10.5. The predicted octanol–water partition coefficient (Wildman–Crippen LogP) is 5.81. The zero-order valence-electron chi connectivity index (χ0n) is 18.5. The summed E-state index contributed by atoms with van der Waals surface area (Å²) in [6.45, 7) is 17.6. The van der Waals surface area contributed by atoms with Gasteiger partial charge in [0.1, 0.15) is 5.60 Å². The van der Waals surface area contributed by atoms with Crippen LogP contribution in [-0.4, -0.2) is 47.7 Å². The molecule has 0 aromatic heterocycles. The molecule has 1 unspecified atom stereocenters. The molecule has 0 radical (unpaired) electrons. The van der Waals surface area contributed by atoms with E-state index in [4.69, 9.17) is 4.74 Å². The van der Waals surface area contributed by atoms with Crippen molar-refractivity contribution in [3.05, 3.63) is 35.4 Å². The number of ether oxygens (including phenoxy) is 1. The summed E-state index contributed by atoms with van der Waals surface area (Å²) in [7, 11) is 0. The van der Waals surface area contributed by atoms with Crippen LogP contribution >= 0.6 is 0 Å². The van der Waals surface area contributed by atoms with Gasteiger partial charge in [0.15, 0.2) is 0 Å². The molecule has 0 spiro atoms. The van der Waals surface area contributed by atoms with Crippen molar-refractivity contribution in [1.29, 1.82) is 0 Å². The van der Waals surface area contributed by atoms with Gasteiger partial charge in [-0.05, 0) is 39.7 Å². The number of carbonyl (C=O) groups is 1. The summed E-state index contributed by atoms with van der Waals surface area (Å²) in [4.78, 5) is 16.6. The van der Waals surface area contributed by atoms with E-state index in [1.807, 2.05) is 25.7 Å². The molecule has 1 aromatic carbocycles. The first kappa shape index (κ1) is 23.5. The van der Waals surface area contributed by atoms with Gasteiger partial charge in [-0.2, -0.15) is 0 Å². The molecule has 2 rings (SSSR count). The van der Waals surface area contributed by atoms with Crippen molar-refractivity contribution in [3.8, 4) is 0 Å². The molecular formula is C23H40N2O2. The Balaban J connectivity index is 0.00000114. The van der Waals surface area contributed by atoms with Gasteiger partial charge in [0.05, 0.1) is 0 Å². The van der Waals surface area contributed by atoms with Gasteiger partial charge in [0, 0.05) is 32.2 Å². The van der Waals surface area contributed by atoms with E-state index < -0.39 is 5.60 Å². The molecule has 1 aliphatic rings. The monoisotopic (exact) mass is 376 g/mol. The fourth-order valence-electron chi connectivity index (χ4n) is 3.16. The van der Waals surface area contributed by atoms with Crippen LogP contribution in [0.5, 0.6) is 0 Å². The third kappa shape index (κ3) is 8.34. The highest BCUT2D eigenvalue weighted by molar-refractivity contribution is 5.68. The molecular weight excluding hydrogens is 336 g/mol. The van der Waals surface area contributed by atoms with Gasteiger partial charge in [0.25, 0.3) is 0 Å². The van der Waals surface area contributed by atoms with Crippen molar-refractivity contribution in [2.24, 2.45) is 0 Å². The zero-order valence-corrected chi connectivity index (χ0v) is 18.5. The fourth-order valence-corrected chi connectivity index (χ4v) is 3.16. The minimum atomic E-state index is -0.430. The summed E-state index contributed by atoms with van der Waals surface area (Å²) in [5.41, 5.74) is 2.25. The van der Waals surface area contributed by atoms with E-state index in [1.54, 1.807) is 0 Å². The fraction of sp³-hybridized carbons (Fsp3) is 0.696. The van der Waals surface area contributed by atoms with Crippen LogP contribution in [0.2, 0.25) is 0 Å². The summed E-state index contributed by atoms with van der Waals surface area (Å²) >= 11 is 0. The van der Waals surface area contributed by atoms with Gasteiger partial charge >= 0.3 is 6.09 Å². The van der Waals surface area contributed by atoms with Gasteiger partial charge in [0.2, 0.25) is 0 Å². The maximum atomic E-state index is 12.2. The molecule has 0 saturated carbocycles. The highest BCUT2D eigenvalue weighted by atomic mass is 16.6. The number of benzene rings is 1. The number of aryl methyl sites for hydroxylation is 1. The molecule has 1 heterocycles. The molecule has 1 atom stereocenters. The molecule has 0 aliphatic carbocycles. The third-order valence-electron chi connectivity index (χ3n) is 4.43. The average molecular weight is 377 g/mol. The van der Waals surface area contributed by atoms with E-state index in [9.17, 15) is 4.79 Å². The van der Waals surface area contributed by atoms with Crippen LogP contribution in [0, 0.1) is 6.92 Å². The molecule has 154 valence electrons. The van der Waals surface area contributed by atoms with E-state index in [0.29, 0.717) is 6.04 Å². The molecule has 4 nitrogen and oxygen atoms in total. The lowest BCUT2D eigenvalue weighted by atomic mass is 9.99. The Morgan fingerprint density at radius 2 is 1.56 bits per heavy atom. The number of carbonyl (C=O) groups excluding carboxylic acids is 1. The molecule has 0 N–H and O–H groups in total. The van der Waals surface area contributed by atoms with E-state index >= 15 is 0 Å². The number of piperazine rings is 1. The van der Waals surface area contributed by atoms with Crippen molar-refractivity contribution >= 4 is 6.09 Å². The van der Waals surface area contributed by atoms with Crippen LogP contribution in [0.4, 0.5) is 4.79 Å². The SMILES string of the molecule is CCC.CCCC(c1ccc(C)cc1)N1CCN(C(=O)OC(C)(C)C)CC1.